The lowest BCUT2D eigenvalue weighted by Crippen LogP contribution is -2.18. The third-order valence-electron chi connectivity index (χ3n) is 2.21. The zero-order valence-corrected chi connectivity index (χ0v) is 9.47. The second kappa shape index (κ2) is 3.69. The molecule has 1 fully saturated rings. The van der Waals surface area contributed by atoms with Gasteiger partial charge in [0.05, 0.1) is 0 Å². The standard InChI is InChI=1S/C10H15N3S/c1-7(2)6-13(3)10-11-9(12-14-10)8-4-5-8/h8H,1,4-6H2,2-3H3. The molecule has 0 bridgehead atoms. The smallest absolute Gasteiger partial charge is 0.205 e. The van der Waals surface area contributed by atoms with Gasteiger partial charge in [-0.25, -0.2) is 4.98 Å². The normalized spacial score (nSPS) is 15.6. The third-order valence-corrected chi connectivity index (χ3v) is 3.05. The summed E-state index contributed by atoms with van der Waals surface area (Å²) in [6.45, 7) is 6.78. The molecule has 76 valence electrons. The van der Waals surface area contributed by atoms with Crippen molar-refractivity contribution in [1.82, 2.24) is 9.36 Å². The van der Waals surface area contributed by atoms with Crippen LogP contribution in [-0.4, -0.2) is 22.9 Å². The maximum atomic E-state index is 4.52. The van der Waals surface area contributed by atoms with Gasteiger partial charge in [-0.05, 0) is 19.8 Å². The van der Waals surface area contributed by atoms with Crippen molar-refractivity contribution in [2.24, 2.45) is 0 Å². The molecule has 1 aliphatic rings. The molecule has 1 saturated carbocycles. The van der Waals surface area contributed by atoms with E-state index in [-0.39, 0.29) is 0 Å². The summed E-state index contributed by atoms with van der Waals surface area (Å²) in [5.41, 5.74) is 1.15. The van der Waals surface area contributed by atoms with E-state index in [2.05, 4.69) is 20.8 Å². The minimum atomic E-state index is 0.651. The van der Waals surface area contributed by atoms with Crippen LogP contribution in [-0.2, 0) is 0 Å². The van der Waals surface area contributed by atoms with E-state index in [9.17, 15) is 0 Å². The van der Waals surface area contributed by atoms with Gasteiger partial charge in [-0.2, -0.15) is 4.37 Å². The van der Waals surface area contributed by atoms with Gasteiger partial charge in [0, 0.05) is 31.0 Å². The van der Waals surface area contributed by atoms with Gasteiger partial charge < -0.3 is 4.90 Å². The number of nitrogens with zero attached hydrogens (tertiary/aromatic N) is 3. The number of hydrogen-bond donors (Lipinski definition) is 0. The number of rotatable bonds is 4. The first kappa shape index (κ1) is 9.65. The van der Waals surface area contributed by atoms with E-state index in [0.717, 1.165) is 23.1 Å². The van der Waals surface area contributed by atoms with Crippen LogP contribution < -0.4 is 4.90 Å². The monoisotopic (exact) mass is 209 g/mol. The summed E-state index contributed by atoms with van der Waals surface area (Å²) in [5, 5.41) is 1.01. The fourth-order valence-corrected chi connectivity index (χ4v) is 2.06. The van der Waals surface area contributed by atoms with E-state index in [0.29, 0.717) is 5.92 Å². The van der Waals surface area contributed by atoms with Gasteiger partial charge in [0.25, 0.3) is 0 Å². The summed E-state index contributed by atoms with van der Waals surface area (Å²) >= 11 is 1.49. The highest BCUT2D eigenvalue weighted by atomic mass is 32.1. The Kier molecular flexibility index (Phi) is 2.54. The highest BCUT2D eigenvalue weighted by molar-refractivity contribution is 7.09. The summed E-state index contributed by atoms with van der Waals surface area (Å²) in [6, 6.07) is 0. The largest absolute Gasteiger partial charge is 0.346 e. The Balaban J connectivity index is 2.03. The minimum absolute atomic E-state index is 0.651. The third kappa shape index (κ3) is 2.12. The molecule has 1 aliphatic carbocycles. The Morgan fingerprint density at radius 3 is 2.93 bits per heavy atom. The second-order valence-electron chi connectivity index (χ2n) is 4.02. The van der Waals surface area contributed by atoms with Crippen LogP contribution in [0.2, 0.25) is 0 Å². The summed E-state index contributed by atoms with van der Waals surface area (Å²) in [4.78, 5) is 6.62. The number of hydrogen-bond acceptors (Lipinski definition) is 4. The Hall–Kier alpha value is -0.900. The molecule has 0 saturated heterocycles. The van der Waals surface area contributed by atoms with Crippen molar-refractivity contribution in [3.05, 3.63) is 18.0 Å². The molecule has 14 heavy (non-hydrogen) atoms. The Labute approximate surface area is 88.6 Å². The molecule has 0 radical (unpaired) electrons. The van der Waals surface area contributed by atoms with Gasteiger partial charge in [-0.1, -0.05) is 12.2 Å². The fourth-order valence-electron chi connectivity index (χ4n) is 1.36. The van der Waals surface area contributed by atoms with Crippen LogP contribution in [0.1, 0.15) is 31.5 Å². The highest BCUT2D eigenvalue weighted by Gasteiger charge is 2.28. The van der Waals surface area contributed by atoms with Crippen LogP contribution >= 0.6 is 11.5 Å². The number of anilines is 1. The zero-order valence-electron chi connectivity index (χ0n) is 8.66. The van der Waals surface area contributed by atoms with Gasteiger partial charge in [0.2, 0.25) is 5.13 Å². The zero-order chi connectivity index (χ0) is 10.1. The van der Waals surface area contributed by atoms with Crippen molar-refractivity contribution >= 4 is 16.7 Å². The molecule has 1 aromatic rings. The summed E-state index contributed by atoms with van der Waals surface area (Å²) < 4.78 is 4.37. The van der Waals surface area contributed by atoms with E-state index >= 15 is 0 Å². The average molecular weight is 209 g/mol. The average Bonchev–Trinajstić information content (AvgIpc) is 2.82. The minimum Gasteiger partial charge on any atom is -0.346 e. The molecule has 0 atom stereocenters. The van der Waals surface area contributed by atoms with E-state index in [4.69, 9.17) is 0 Å². The van der Waals surface area contributed by atoms with Crippen molar-refractivity contribution in [1.29, 1.82) is 0 Å². The molecule has 0 spiro atoms. The van der Waals surface area contributed by atoms with Crippen molar-refractivity contribution in [2.75, 3.05) is 18.5 Å². The SMILES string of the molecule is C=C(C)CN(C)c1nc(C2CC2)ns1. The molecule has 3 nitrogen and oxygen atoms in total. The van der Waals surface area contributed by atoms with E-state index in [1.54, 1.807) is 0 Å². The molecule has 2 rings (SSSR count). The molecule has 4 heteroatoms. The topological polar surface area (TPSA) is 29.0 Å². The van der Waals surface area contributed by atoms with Crippen LogP contribution in [0.4, 0.5) is 5.13 Å². The first-order valence-corrected chi connectivity index (χ1v) is 5.63. The van der Waals surface area contributed by atoms with Gasteiger partial charge in [0.15, 0.2) is 0 Å². The molecule has 0 aromatic carbocycles. The summed E-state index contributed by atoms with van der Waals surface area (Å²) in [5.74, 6) is 1.69. The lowest BCUT2D eigenvalue weighted by Gasteiger charge is -2.14. The fraction of sp³-hybridized carbons (Fsp3) is 0.600. The molecule has 0 amide bonds. The molecule has 0 N–H and O–H groups in total. The molecule has 0 unspecified atom stereocenters. The first-order chi connectivity index (χ1) is 6.66. The lowest BCUT2D eigenvalue weighted by molar-refractivity contribution is 0.934. The maximum absolute atomic E-state index is 4.52. The quantitative estimate of drug-likeness (QED) is 0.713. The summed E-state index contributed by atoms with van der Waals surface area (Å²) in [7, 11) is 2.03. The van der Waals surface area contributed by atoms with Crippen LogP contribution in [0.25, 0.3) is 0 Å². The van der Waals surface area contributed by atoms with Crippen LogP contribution in [0, 0.1) is 0 Å². The van der Waals surface area contributed by atoms with E-state index in [1.807, 2.05) is 14.0 Å². The van der Waals surface area contributed by atoms with Crippen LogP contribution in [0.3, 0.4) is 0 Å². The van der Waals surface area contributed by atoms with Crippen LogP contribution in [0.5, 0.6) is 0 Å². The predicted octanol–water partition coefficient (Wildman–Crippen LogP) is 2.43. The summed E-state index contributed by atoms with van der Waals surface area (Å²) in [6.07, 6.45) is 2.53. The van der Waals surface area contributed by atoms with Crippen molar-refractivity contribution < 1.29 is 0 Å². The van der Waals surface area contributed by atoms with Gasteiger partial charge in [-0.3, -0.25) is 0 Å². The number of likely N-dealkylation sites (N-methyl/N-ethyl adjacent to an activating group) is 1. The molecular weight excluding hydrogens is 194 g/mol. The van der Waals surface area contributed by atoms with E-state index < -0.39 is 0 Å². The van der Waals surface area contributed by atoms with Crippen molar-refractivity contribution in [3.63, 3.8) is 0 Å². The molecule has 0 aliphatic heterocycles. The maximum Gasteiger partial charge on any atom is 0.205 e. The van der Waals surface area contributed by atoms with E-state index in [1.165, 1.54) is 24.4 Å². The van der Waals surface area contributed by atoms with Crippen LogP contribution in [0.15, 0.2) is 12.2 Å². The van der Waals surface area contributed by atoms with Gasteiger partial charge in [0.1, 0.15) is 5.82 Å². The predicted molar refractivity (Wildman–Crippen MR) is 60.0 cm³/mol. The Morgan fingerprint density at radius 2 is 2.36 bits per heavy atom. The highest BCUT2D eigenvalue weighted by Crippen LogP contribution is 2.39. The van der Waals surface area contributed by atoms with Crippen molar-refractivity contribution in [3.8, 4) is 0 Å². The number of aromatic nitrogens is 2. The Morgan fingerprint density at radius 1 is 1.64 bits per heavy atom. The van der Waals surface area contributed by atoms with Crippen molar-refractivity contribution in [2.45, 2.75) is 25.7 Å². The van der Waals surface area contributed by atoms with Gasteiger partial charge in [-0.15, -0.1) is 0 Å². The van der Waals surface area contributed by atoms with Gasteiger partial charge >= 0.3 is 0 Å². The molecular formula is C10H15N3S. The molecule has 1 heterocycles. The first-order valence-electron chi connectivity index (χ1n) is 4.86. The lowest BCUT2D eigenvalue weighted by atomic mass is 10.3. The second-order valence-corrected chi connectivity index (χ2v) is 4.75. The molecule has 1 aromatic heterocycles. The Bertz CT molecular complexity index is 341.